The number of aryl methyl sites for hydroxylation is 2. The highest BCUT2D eigenvalue weighted by Crippen LogP contribution is 2.17. The fourth-order valence-electron chi connectivity index (χ4n) is 1.64. The van der Waals surface area contributed by atoms with Gasteiger partial charge in [-0.25, -0.2) is 13.5 Å². The molecule has 0 unspecified atom stereocenters. The predicted molar refractivity (Wildman–Crippen MR) is 60.2 cm³/mol. The van der Waals surface area contributed by atoms with E-state index >= 15 is 0 Å². The summed E-state index contributed by atoms with van der Waals surface area (Å²) in [4.78, 5) is 12.1. The Labute approximate surface area is 102 Å². The second-order valence-electron chi connectivity index (χ2n) is 3.85. The largest absolute Gasteiger partial charge is 0.287 e. The zero-order chi connectivity index (χ0) is 13.3. The van der Waals surface area contributed by atoms with Gasteiger partial charge in [0.15, 0.2) is 0 Å². The fourth-order valence-corrected chi connectivity index (χ4v) is 1.64. The van der Waals surface area contributed by atoms with Crippen molar-refractivity contribution in [2.75, 3.05) is 0 Å². The summed E-state index contributed by atoms with van der Waals surface area (Å²) in [6, 6.07) is 1.91. The molecule has 0 radical (unpaired) electrons. The summed E-state index contributed by atoms with van der Waals surface area (Å²) >= 11 is 0. The molecule has 0 aliphatic carbocycles. The molecule has 4 nitrogen and oxygen atoms in total. The first-order valence-electron chi connectivity index (χ1n) is 5.43. The van der Waals surface area contributed by atoms with Gasteiger partial charge in [0.25, 0.3) is 0 Å². The lowest BCUT2D eigenvalue weighted by Crippen LogP contribution is -2.12. The molecule has 0 saturated carbocycles. The number of carbonyl (C=O) groups is 1. The number of halogens is 2. The molecule has 2 rings (SSSR count). The van der Waals surface area contributed by atoms with Crippen molar-refractivity contribution in [3.63, 3.8) is 0 Å². The van der Waals surface area contributed by atoms with Gasteiger partial charge in [0.2, 0.25) is 5.78 Å². The van der Waals surface area contributed by atoms with Crippen molar-refractivity contribution < 1.29 is 13.6 Å². The SMILES string of the molecule is CCn1nncc1C(=O)c1cc(C)c(F)cc1F. The van der Waals surface area contributed by atoms with Crippen LogP contribution in [0.1, 0.15) is 28.5 Å². The minimum atomic E-state index is -0.882. The van der Waals surface area contributed by atoms with Crippen LogP contribution in [0.25, 0.3) is 0 Å². The van der Waals surface area contributed by atoms with Gasteiger partial charge in [-0.05, 0) is 25.5 Å². The van der Waals surface area contributed by atoms with Gasteiger partial charge in [-0.15, -0.1) is 5.10 Å². The fraction of sp³-hybridized carbons (Fsp3) is 0.250. The molecule has 0 amide bonds. The third-order valence-corrected chi connectivity index (χ3v) is 2.64. The van der Waals surface area contributed by atoms with Gasteiger partial charge >= 0.3 is 0 Å². The summed E-state index contributed by atoms with van der Waals surface area (Å²) in [6.07, 6.45) is 1.27. The molecule has 0 saturated heterocycles. The Morgan fingerprint density at radius 2 is 2.06 bits per heavy atom. The van der Waals surface area contributed by atoms with E-state index in [0.717, 1.165) is 0 Å². The van der Waals surface area contributed by atoms with Gasteiger partial charge in [-0.1, -0.05) is 5.21 Å². The summed E-state index contributed by atoms with van der Waals surface area (Å²) in [7, 11) is 0. The number of hydrogen-bond donors (Lipinski definition) is 0. The maximum Gasteiger partial charge on any atom is 0.215 e. The molecule has 2 aromatic rings. The highest BCUT2D eigenvalue weighted by atomic mass is 19.1. The van der Waals surface area contributed by atoms with E-state index in [0.29, 0.717) is 12.6 Å². The van der Waals surface area contributed by atoms with Crippen LogP contribution < -0.4 is 0 Å². The maximum atomic E-state index is 13.6. The number of hydrogen-bond acceptors (Lipinski definition) is 3. The van der Waals surface area contributed by atoms with Crippen molar-refractivity contribution >= 4 is 5.78 Å². The van der Waals surface area contributed by atoms with Crippen LogP contribution in [0, 0.1) is 18.6 Å². The summed E-state index contributed by atoms with van der Waals surface area (Å²) in [5, 5.41) is 7.31. The average Bonchev–Trinajstić information content (AvgIpc) is 2.81. The first-order chi connectivity index (χ1) is 8.54. The van der Waals surface area contributed by atoms with E-state index in [4.69, 9.17) is 0 Å². The Balaban J connectivity index is 2.50. The van der Waals surface area contributed by atoms with E-state index in [2.05, 4.69) is 10.3 Å². The number of benzene rings is 1. The molecule has 0 spiro atoms. The van der Waals surface area contributed by atoms with E-state index in [-0.39, 0.29) is 16.8 Å². The zero-order valence-electron chi connectivity index (χ0n) is 9.94. The smallest absolute Gasteiger partial charge is 0.215 e. The molecule has 18 heavy (non-hydrogen) atoms. The van der Waals surface area contributed by atoms with Crippen molar-refractivity contribution in [1.82, 2.24) is 15.0 Å². The monoisotopic (exact) mass is 251 g/mol. The van der Waals surface area contributed by atoms with Crippen molar-refractivity contribution in [3.05, 3.63) is 46.8 Å². The quantitative estimate of drug-likeness (QED) is 0.785. The molecular formula is C12H11F2N3O. The van der Waals surface area contributed by atoms with Crippen LogP contribution in [0.5, 0.6) is 0 Å². The molecule has 94 valence electrons. The van der Waals surface area contributed by atoms with Crippen LogP contribution in [0.15, 0.2) is 18.3 Å². The lowest BCUT2D eigenvalue weighted by Gasteiger charge is -2.05. The maximum absolute atomic E-state index is 13.6. The lowest BCUT2D eigenvalue weighted by atomic mass is 10.0. The summed E-state index contributed by atoms with van der Waals surface area (Å²) in [5.41, 5.74) is 0.226. The Hall–Kier alpha value is -2.11. The minimum Gasteiger partial charge on any atom is -0.287 e. The third-order valence-electron chi connectivity index (χ3n) is 2.64. The molecule has 0 bridgehead atoms. The molecule has 6 heteroatoms. The highest BCUT2D eigenvalue weighted by Gasteiger charge is 2.19. The third kappa shape index (κ3) is 2.01. The Morgan fingerprint density at radius 1 is 1.33 bits per heavy atom. The van der Waals surface area contributed by atoms with Crippen LogP contribution >= 0.6 is 0 Å². The molecule has 0 aliphatic rings. The minimum absolute atomic E-state index is 0.175. The second kappa shape index (κ2) is 4.64. The standard InChI is InChI=1S/C12H11F2N3O/c1-3-17-11(6-15-16-17)12(18)8-4-7(2)9(13)5-10(8)14/h4-6H,3H2,1-2H3. The Bertz CT molecular complexity index is 607. The van der Waals surface area contributed by atoms with Crippen LogP contribution in [-0.2, 0) is 6.54 Å². The van der Waals surface area contributed by atoms with E-state index < -0.39 is 17.4 Å². The van der Waals surface area contributed by atoms with E-state index in [9.17, 15) is 13.6 Å². The molecular weight excluding hydrogens is 240 g/mol. The zero-order valence-corrected chi connectivity index (χ0v) is 9.94. The summed E-state index contributed by atoms with van der Waals surface area (Å²) in [5.74, 6) is -2.11. The number of ketones is 1. The molecule has 0 atom stereocenters. The normalized spacial score (nSPS) is 10.7. The van der Waals surface area contributed by atoms with Crippen LogP contribution in [-0.4, -0.2) is 20.8 Å². The number of aromatic nitrogens is 3. The molecule has 1 aromatic heterocycles. The Morgan fingerprint density at radius 3 is 2.72 bits per heavy atom. The number of carbonyl (C=O) groups excluding carboxylic acids is 1. The number of rotatable bonds is 3. The first-order valence-corrected chi connectivity index (χ1v) is 5.43. The van der Waals surface area contributed by atoms with Crippen LogP contribution in [0.3, 0.4) is 0 Å². The molecule has 1 aromatic carbocycles. The van der Waals surface area contributed by atoms with Gasteiger partial charge in [0, 0.05) is 12.6 Å². The van der Waals surface area contributed by atoms with Crippen LogP contribution in [0.4, 0.5) is 8.78 Å². The van der Waals surface area contributed by atoms with E-state index in [1.807, 2.05) is 0 Å². The first kappa shape index (κ1) is 12.3. The number of nitrogens with zero attached hydrogens (tertiary/aromatic N) is 3. The van der Waals surface area contributed by atoms with Gasteiger partial charge in [0.1, 0.15) is 17.3 Å². The molecule has 1 heterocycles. The van der Waals surface area contributed by atoms with Gasteiger partial charge in [0.05, 0.1) is 11.8 Å². The van der Waals surface area contributed by atoms with Crippen molar-refractivity contribution in [2.45, 2.75) is 20.4 Å². The summed E-state index contributed by atoms with van der Waals surface area (Å²) in [6.45, 7) is 3.71. The molecule has 0 fully saturated rings. The highest BCUT2D eigenvalue weighted by molar-refractivity contribution is 6.07. The van der Waals surface area contributed by atoms with Crippen LogP contribution in [0.2, 0.25) is 0 Å². The molecule has 0 aliphatic heterocycles. The topological polar surface area (TPSA) is 47.8 Å². The summed E-state index contributed by atoms with van der Waals surface area (Å²) < 4.78 is 28.1. The van der Waals surface area contributed by atoms with E-state index in [1.165, 1.54) is 23.9 Å². The second-order valence-corrected chi connectivity index (χ2v) is 3.85. The molecule has 0 N–H and O–H groups in total. The lowest BCUT2D eigenvalue weighted by molar-refractivity contribution is 0.102. The van der Waals surface area contributed by atoms with Gasteiger partial charge < -0.3 is 0 Å². The average molecular weight is 251 g/mol. The Kier molecular flexibility index (Phi) is 3.18. The van der Waals surface area contributed by atoms with Crippen molar-refractivity contribution in [3.8, 4) is 0 Å². The van der Waals surface area contributed by atoms with Crippen molar-refractivity contribution in [2.24, 2.45) is 0 Å². The van der Waals surface area contributed by atoms with E-state index in [1.54, 1.807) is 6.92 Å². The van der Waals surface area contributed by atoms with Gasteiger partial charge in [-0.3, -0.25) is 4.79 Å². The van der Waals surface area contributed by atoms with Crippen molar-refractivity contribution in [1.29, 1.82) is 0 Å². The van der Waals surface area contributed by atoms with Gasteiger partial charge in [-0.2, -0.15) is 0 Å². The predicted octanol–water partition coefficient (Wildman–Crippen LogP) is 2.12.